The molecule has 5 aromatic carbocycles. The molecule has 0 bridgehead atoms. The molecule has 5 aromatic rings. The highest BCUT2D eigenvalue weighted by atomic mass is 16.1. The van der Waals surface area contributed by atoms with Gasteiger partial charge in [0.05, 0.1) is 0 Å². The number of rotatable bonds is 4. The van der Waals surface area contributed by atoms with Gasteiger partial charge in [0.1, 0.15) is 0 Å². The Kier molecular flexibility index (Phi) is 5.57. The molecule has 2 aliphatic carbocycles. The number of carbonyl (C=O) groups is 2. The second-order valence-electron chi connectivity index (χ2n) is 10.6. The third-order valence-electron chi connectivity index (χ3n) is 7.96. The van der Waals surface area contributed by atoms with Crippen LogP contribution < -0.4 is 0 Å². The van der Waals surface area contributed by atoms with Gasteiger partial charge in [-0.05, 0) is 53.3 Å². The lowest BCUT2D eigenvalue weighted by atomic mass is 9.90. The number of fused-ring (bicyclic) bond motifs is 2. The van der Waals surface area contributed by atoms with Crippen LogP contribution in [0.3, 0.4) is 0 Å². The van der Waals surface area contributed by atoms with Crippen molar-refractivity contribution in [1.82, 2.24) is 0 Å². The maximum absolute atomic E-state index is 13.9. The standard InChI is InChI=1S/C38H26O2/c1-23-14-18-25(19-15-23)33-29-10-3-5-12-31(29)37(39)35(33)27-8-7-9-28(22-27)36-34(26-20-16-24(2)17-21-26)30-11-4-6-13-32(30)38(36)40/h3-22H,1-2H3. The second kappa shape index (κ2) is 9.29. The summed E-state index contributed by atoms with van der Waals surface area (Å²) in [6.07, 6.45) is 0. The normalized spacial score (nSPS) is 14.2. The number of aryl methyl sites for hydroxylation is 2. The Morgan fingerprint density at radius 2 is 0.725 bits per heavy atom. The third-order valence-corrected chi connectivity index (χ3v) is 7.96. The molecule has 0 N–H and O–H groups in total. The van der Waals surface area contributed by atoms with Crippen molar-refractivity contribution in [3.05, 3.63) is 177 Å². The van der Waals surface area contributed by atoms with E-state index in [9.17, 15) is 9.59 Å². The zero-order chi connectivity index (χ0) is 27.4. The first kappa shape index (κ1) is 24.0. The van der Waals surface area contributed by atoms with Crippen molar-refractivity contribution >= 4 is 33.9 Å². The lowest BCUT2D eigenvalue weighted by molar-refractivity contribution is 0.105. The van der Waals surface area contributed by atoms with Crippen molar-refractivity contribution in [2.75, 3.05) is 0 Å². The summed E-state index contributed by atoms with van der Waals surface area (Å²) in [7, 11) is 0. The Balaban J connectivity index is 1.46. The van der Waals surface area contributed by atoms with Crippen molar-refractivity contribution in [1.29, 1.82) is 0 Å². The molecule has 0 fully saturated rings. The highest BCUT2D eigenvalue weighted by molar-refractivity contribution is 6.43. The summed E-state index contributed by atoms with van der Waals surface area (Å²) in [4.78, 5) is 27.8. The highest BCUT2D eigenvalue weighted by Gasteiger charge is 2.34. The molecule has 40 heavy (non-hydrogen) atoms. The minimum absolute atomic E-state index is 0.0112. The summed E-state index contributed by atoms with van der Waals surface area (Å²) in [5, 5.41) is 0. The van der Waals surface area contributed by atoms with Gasteiger partial charge in [-0.2, -0.15) is 0 Å². The molecule has 2 nitrogen and oxygen atoms in total. The number of hydrogen-bond acceptors (Lipinski definition) is 2. The van der Waals surface area contributed by atoms with Crippen molar-refractivity contribution in [3.8, 4) is 0 Å². The number of hydrogen-bond donors (Lipinski definition) is 0. The predicted octanol–water partition coefficient (Wildman–Crippen LogP) is 8.61. The van der Waals surface area contributed by atoms with Gasteiger partial charge in [0.25, 0.3) is 0 Å². The van der Waals surface area contributed by atoms with E-state index >= 15 is 0 Å². The lowest BCUT2D eigenvalue weighted by Crippen LogP contribution is -2.02. The van der Waals surface area contributed by atoms with E-state index in [4.69, 9.17) is 0 Å². The van der Waals surface area contributed by atoms with Crippen LogP contribution in [0.2, 0.25) is 0 Å². The molecule has 0 amide bonds. The molecule has 2 heteroatoms. The van der Waals surface area contributed by atoms with E-state index in [1.165, 1.54) is 11.1 Å². The summed E-state index contributed by atoms with van der Waals surface area (Å²) in [6.45, 7) is 4.12. The summed E-state index contributed by atoms with van der Waals surface area (Å²) in [5.41, 5.74) is 12.5. The van der Waals surface area contributed by atoms with Gasteiger partial charge < -0.3 is 0 Å². The van der Waals surface area contributed by atoms with E-state index in [0.717, 1.165) is 44.5 Å². The van der Waals surface area contributed by atoms with Crippen LogP contribution in [-0.4, -0.2) is 11.6 Å². The average Bonchev–Trinajstić information content (AvgIpc) is 3.45. The minimum Gasteiger partial charge on any atom is -0.289 e. The number of Topliss-reactive ketones (excluding diaryl/α,β-unsaturated/α-hetero) is 2. The SMILES string of the molecule is Cc1ccc(C2=C(c3cccc(C4=C(c5ccc(C)cc5)c5ccccc5C4=O)c3)C(=O)c3ccccc32)cc1. The van der Waals surface area contributed by atoms with Gasteiger partial charge in [0, 0.05) is 33.4 Å². The molecule has 0 atom stereocenters. The monoisotopic (exact) mass is 514 g/mol. The summed E-state index contributed by atoms with van der Waals surface area (Å²) >= 11 is 0. The van der Waals surface area contributed by atoms with Gasteiger partial charge in [0.2, 0.25) is 0 Å². The molecule has 0 aromatic heterocycles. The third kappa shape index (κ3) is 3.72. The lowest BCUT2D eigenvalue weighted by Gasteiger charge is -2.12. The van der Waals surface area contributed by atoms with Crippen molar-refractivity contribution in [2.45, 2.75) is 13.8 Å². The van der Waals surface area contributed by atoms with Crippen LogP contribution in [0.15, 0.2) is 121 Å². The molecular weight excluding hydrogens is 488 g/mol. The van der Waals surface area contributed by atoms with Gasteiger partial charge in [-0.1, -0.05) is 126 Å². The van der Waals surface area contributed by atoms with Gasteiger partial charge in [-0.25, -0.2) is 0 Å². The van der Waals surface area contributed by atoms with Crippen LogP contribution in [0.25, 0.3) is 22.3 Å². The van der Waals surface area contributed by atoms with E-state index < -0.39 is 0 Å². The summed E-state index contributed by atoms with van der Waals surface area (Å²) < 4.78 is 0. The molecular formula is C38H26O2. The van der Waals surface area contributed by atoms with E-state index in [1.807, 2.05) is 72.8 Å². The van der Waals surface area contributed by atoms with E-state index in [-0.39, 0.29) is 11.6 Å². The first-order valence-electron chi connectivity index (χ1n) is 13.5. The number of ketones is 2. The molecule has 0 saturated heterocycles. The molecule has 0 unspecified atom stereocenters. The fourth-order valence-corrected chi connectivity index (χ4v) is 5.99. The predicted molar refractivity (Wildman–Crippen MR) is 162 cm³/mol. The molecule has 2 aliphatic rings. The van der Waals surface area contributed by atoms with Crippen LogP contribution in [0.1, 0.15) is 65.2 Å². The Morgan fingerprint density at radius 3 is 1.12 bits per heavy atom. The number of allylic oxidation sites excluding steroid dienone is 2. The minimum atomic E-state index is 0.0112. The fraction of sp³-hybridized carbons (Fsp3) is 0.0526. The topological polar surface area (TPSA) is 34.1 Å². The average molecular weight is 515 g/mol. The van der Waals surface area contributed by atoms with Gasteiger partial charge in [-0.3, -0.25) is 9.59 Å². The van der Waals surface area contributed by atoms with Gasteiger partial charge in [0.15, 0.2) is 11.6 Å². The molecule has 190 valence electrons. The summed E-state index contributed by atoms with van der Waals surface area (Å²) in [6, 6.07) is 40.2. The molecule has 7 rings (SSSR count). The second-order valence-corrected chi connectivity index (χ2v) is 10.6. The maximum atomic E-state index is 13.9. The van der Waals surface area contributed by atoms with Crippen LogP contribution >= 0.6 is 0 Å². The zero-order valence-electron chi connectivity index (χ0n) is 22.4. The van der Waals surface area contributed by atoms with E-state index in [0.29, 0.717) is 22.3 Å². The molecule has 0 radical (unpaired) electrons. The Morgan fingerprint density at radius 1 is 0.350 bits per heavy atom. The first-order valence-corrected chi connectivity index (χ1v) is 13.5. The van der Waals surface area contributed by atoms with Gasteiger partial charge >= 0.3 is 0 Å². The summed E-state index contributed by atoms with van der Waals surface area (Å²) in [5.74, 6) is 0.0224. The molecule has 0 heterocycles. The van der Waals surface area contributed by atoms with E-state index in [2.05, 4.69) is 62.4 Å². The van der Waals surface area contributed by atoms with Crippen LogP contribution in [0, 0.1) is 13.8 Å². The molecule has 0 spiro atoms. The Bertz CT molecular complexity index is 1780. The largest absolute Gasteiger partial charge is 0.289 e. The molecule has 0 aliphatic heterocycles. The fourth-order valence-electron chi connectivity index (χ4n) is 5.99. The Labute approximate surface area is 234 Å². The van der Waals surface area contributed by atoms with Crippen molar-refractivity contribution in [3.63, 3.8) is 0 Å². The highest BCUT2D eigenvalue weighted by Crippen LogP contribution is 2.45. The Hall–Kier alpha value is -5.08. The smallest absolute Gasteiger partial charge is 0.194 e. The molecule has 0 saturated carbocycles. The maximum Gasteiger partial charge on any atom is 0.194 e. The zero-order valence-corrected chi connectivity index (χ0v) is 22.4. The van der Waals surface area contributed by atoms with E-state index in [1.54, 1.807) is 0 Å². The van der Waals surface area contributed by atoms with Gasteiger partial charge in [-0.15, -0.1) is 0 Å². The van der Waals surface area contributed by atoms with Crippen LogP contribution in [0.5, 0.6) is 0 Å². The quantitative estimate of drug-likeness (QED) is 0.241. The van der Waals surface area contributed by atoms with Crippen molar-refractivity contribution in [2.24, 2.45) is 0 Å². The number of carbonyl (C=O) groups excluding carboxylic acids is 2. The first-order chi connectivity index (χ1) is 19.5. The van der Waals surface area contributed by atoms with Crippen LogP contribution in [0.4, 0.5) is 0 Å². The number of benzene rings is 5. The van der Waals surface area contributed by atoms with Crippen LogP contribution in [-0.2, 0) is 0 Å². The van der Waals surface area contributed by atoms with Crippen molar-refractivity contribution < 1.29 is 9.59 Å².